The van der Waals surface area contributed by atoms with Crippen molar-refractivity contribution in [2.45, 2.75) is 0 Å². The van der Waals surface area contributed by atoms with Gasteiger partial charge < -0.3 is 14.2 Å². The van der Waals surface area contributed by atoms with Crippen molar-refractivity contribution in [2.75, 3.05) is 20.8 Å². The summed E-state index contributed by atoms with van der Waals surface area (Å²) in [5.41, 5.74) is 0.398. The first kappa shape index (κ1) is 17.9. The lowest BCUT2D eigenvalue weighted by Gasteiger charge is -2.10. The number of ether oxygens (including phenoxy) is 3. The molecule has 0 saturated heterocycles. The van der Waals surface area contributed by atoms with E-state index in [4.69, 9.17) is 14.2 Å². The second-order valence-electron chi connectivity index (χ2n) is 4.69. The molecule has 0 aliphatic heterocycles. The van der Waals surface area contributed by atoms with Crippen LogP contribution in [-0.4, -0.2) is 32.6 Å². The molecule has 2 aromatic rings. The van der Waals surface area contributed by atoms with Crippen LogP contribution in [0.4, 0.5) is 4.39 Å². The van der Waals surface area contributed by atoms with E-state index in [2.05, 4.69) is 15.9 Å². The Labute approximate surface area is 146 Å². The summed E-state index contributed by atoms with van der Waals surface area (Å²) in [4.78, 5) is 24.2. The number of ketones is 1. The smallest absolute Gasteiger partial charge is 0.339 e. The first-order chi connectivity index (χ1) is 11.5. The maximum atomic E-state index is 13.0. The number of methoxy groups -OCH3 is 2. The molecule has 0 fully saturated rings. The molecular formula is C17H14BrFO5. The molecule has 2 aromatic carbocycles. The van der Waals surface area contributed by atoms with E-state index >= 15 is 0 Å². The van der Waals surface area contributed by atoms with Crippen molar-refractivity contribution in [3.8, 4) is 11.5 Å². The fourth-order valence-electron chi connectivity index (χ4n) is 1.97. The number of carbonyl (C=O) groups is 2. The van der Waals surface area contributed by atoms with E-state index in [9.17, 15) is 14.0 Å². The van der Waals surface area contributed by atoms with Crippen LogP contribution in [0.1, 0.15) is 20.7 Å². The largest absolute Gasteiger partial charge is 0.497 e. The van der Waals surface area contributed by atoms with Gasteiger partial charge in [-0.25, -0.2) is 9.18 Å². The molecule has 0 spiro atoms. The number of halogens is 2. The lowest BCUT2D eigenvalue weighted by atomic mass is 10.1. The third-order valence-electron chi connectivity index (χ3n) is 3.19. The summed E-state index contributed by atoms with van der Waals surface area (Å²) in [7, 11) is 2.92. The van der Waals surface area contributed by atoms with Gasteiger partial charge in [0.2, 0.25) is 5.78 Å². The zero-order valence-corrected chi connectivity index (χ0v) is 14.6. The van der Waals surface area contributed by atoms with E-state index in [0.29, 0.717) is 11.5 Å². The van der Waals surface area contributed by atoms with Crippen molar-refractivity contribution >= 4 is 27.7 Å². The van der Waals surface area contributed by atoms with E-state index in [1.54, 1.807) is 12.1 Å². The highest BCUT2D eigenvalue weighted by atomic mass is 79.9. The SMILES string of the molecule is COc1ccc(C(=O)COC(=O)c2ccc(F)cc2Br)c(OC)c1. The molecular weight excluding hydrogens is 383 g/mol. The second kappa shape index (κ2) is 7.92. The van der Waals surface area contributed by atoms with Crippen LogP contribution in [0.25, 0.3) is 0 Å². The summed E-state index contributed by atoms with van der Waals surface area (Å²) in [6.07, 6.45) is 0. The maximum absolute atomic E-state index is 13.0. The van der Waals surface area contributed by atoms with Gasteiger partial charge in [0.15, 0.2) is 6.61 Å². The Bertz CT molecular complexity index is 776. The minimum absolute atomic E-state index is 0.130. The maximum Gasteiger partial charge on any atom is 0.339 e. The van der Waals surface area contributed by atoms with Crippen molar-refractivity contribution in [1.82, 2.24) is 0 Å². The number of hydrogen-bond acceptors (Lipinski definition) is 5. The summed E-state index contributed by atoms with van der Waals surface area (Å²) in [5, 5.41) is 0. The minimum Gasteiger partial charge on any atom is -0.497 e. The molecule has 0 aliphatic rings. The summed E-state index contributed by atoms with van der Waals surface area (Å²) in [5.74, 6) is -0.796. The number of hydrogen-bond donors (Lipinski definition) is 0. The summed E-state index contributed by atoms with van der Waals surface area (Å²) in [6.45, 7) is -0.467. The molecule has 24 heavy (non-hydrogen) atoms. The molecule has 0 saturated carbocycles. The van der Waals surface area contributed by atoms with Gasteiger partial charge in [-0.15, -0.1) is 0 Å². The molecule has 0 aliphatic carbocycles. The van der Waals surface area contributed by atoms with Crippen molar-refractivity contribution in [3.05, 3.63) is 57.8 Å². The predicted octanol–water partition coefficient (Wildman–Crippen LogP) is 3.65. The Morgan fingerprint density at radius 1 is 1.04 bits per heavy atom. The Balaban J connectivity index is 2.09. The quantitative estimate of drug-likeness (QED) is 0.550. The van der Waals surface area contributed by atoms with Gasteiger partial charge in [0, 0.05) is 10.5 Å². The Morgan fingerprint density at radius 3 is 2.38 bits per heavy atom. The standard InChI is InChI=1S/C17H14BrFO5/c1-22-11-4-6-13(16(8-11)23-2)15(20)9-24-17(21)12-5-3-10(19)7-14(12)18/h3-8H,9H2,1-2H3. The average Bonchev–Trinajstić information content (AvgIpc) is 2.58. The van der Waals surface area contributed by atoms with Crippen molar-refractivity contribution in [1.29, 1.82) is 0 Å². The summed E-state index contributed by atoms with van der Waals surface area (Å²) in [6, 6.07) is 8.25. The van der Waals surface area contributed by atoms with E-state index in [1.165, 1.54) is 26.4 Å². The van der Waals surface area contributed by atoms with Gasteiger partial charge in [-0.05, 0) is 46.3 Å². The Morgan fingerprint density at radius 2 is 1.75 bits per heavy atom. The van der Waals surface area contributed by atoms with Crippen molar-refractivity contribution < 1.29 is 28.2 Å². The molecule has 7 heteroatoms. The highest BCUT2D eigenvalue weighted by Gasteiger charge is 2.18. The normalized spacial score (nSPS) is 10.2. The molecule has 0 heterocycles. The zero-order valence-electron chi connectivity index (χ0n) is 13.0. The third-order valence-corrected chi connectivity index (χ3v) is 3.85. The molecule has 0 amide bonds. The van der Waals surface area contributed by atoms with Gasteiger partial charge in [0.25, 0.3) is 0 Å². The molecule has 0 aromatic heterocycles. The van der Waals surface area contributed by atoms with E-state index in [-0.39, 0.29) is 15.6 Å². The predicted molar refractivity (Wildman–Crippen MR) is 88.3 cm³/mol. The first-order valence-electron chi connectivity index (χ1n) is 6.83. The van der Waals surface area contributed by atoms with E-state index < -0.39 is 24.2 Å². The van der Waals surface area contributed by atoms with Gasteiger partial charge in [-0.3, -0.25) is 4.79 Å². The van der Waals surface area contributed by atoms with E-state index in [0.717, 1.165) is 12.1 Å². The number of carbonyl (C=O) groups excluding carboxylic acids is 2. The third kappa shape index (κ3) is 4.11. The highest BCUT2D eigenvalue weighted by molar-refractivity contribution is 9.10. The second-order valence-corrected chi connectivity index (χ2v) is 5.54. The van der Waals surface area contributed by atoms with Crippen LogP contribution in [0.3, 0.4) is 0 Å². The fourth-order valence-corrected chi connectivity index (χ4v) is 2.48. The monoisotopic (exact) mass is 396 g/mol. The van der Waals surface area contributed by atoms with Gasteiger partial charge in [-0.1, -0.05) is 0 Å². The minimum atomic E-state index is -0.734. The lowest BCUT2D eigenvalue weighted by molar-refractivity contribution is 0.0473. The number of rotatable bonds is 6. The number of Topliss-reactive ketones (excluding diaryl/α,β-unsaturated/α-hetero) is 1. The number of esters is 1. The van der Waals surface area contributed by atoms with Crippen LogP contribution >= 0.6 is 15.9 Å². The van der Waals surface area contributed by atoms with Crippen LogP contribution in [0.15, 0.2) is 40.9 Å². The average molecular weight is 397 g/mol. The molecule has 0 N–H and O–H groups in total. The molecule has 0 atom stereocenters. The number of benzene rings is 2. The van der Waals surface area contributed by atoms with Crippen molar-refractivity contribution in [3.63, 3.8) is 0 Å². The van der Waals surface area contributed by atoms with Crippen LogP contribution in [0.5, 0.6) is 11.5 Å². The first-order valence-corrected chi connectivity index (χ1v) is 7.63. The van der Waals surface area contributed by atoms with Gasteiger partial charge >= 0.3 is 5.97 Å². The van der Waals surface area contributed by atoms with Gasteiger partial charge in [0.05, 0.1) is 25.3 Å². The van der Waals surface area contributed by atoms with Crippen molar-refractivity contribution in [2.24, 2.45) is 0 Å². The van der Waals surface area contributed by atoms with Crippen LogP contribution in [-0.2, 0) is 4.74 Å². The molecule has 126 valence electrons. The zero-order chi connectivity index (χ0) is 17.7. The molecule has 2 rings (SSSR count). The molecule has 0 radical (unpaired) electrons. The van der Waals surface area contributed by atoms with Gasteiger partial charge in [-0.2, -0.15) is 0 Å². The van der Waals surface area contributed by atoms with Crippen LogP contribution < -0.4 is 9.47 Å². The Kier molecular flexibility index (Phi) is 5.92. The lowest BCUT2D eigenvalue weighted by Crippen LogP contribution is -2.15. The molecule has 0 bridgehead atoms. The summed E-state index contributed by atoms with van der Waals surface area (Å²) < 4.78 is 28.5. The van der Waals surface area contributed by atoms with Crippen LogP contribution in [0, 0.1) is 5.82 Å². The van der Waals surface area contributed by atoms with Crippen LogP contribution in [0.2, 0.25) is 0 Å². The molecule has 5 nitrogen and oxygen atoms in total. The van der Waals surface area contributed by atoms with Gasteiger partial charge in [0.1, 0.15) is 17.3 Å². The topological polar surface area (TPSA) is 61.8 Å². The molecule has 0 unspecified atom stereocenters. The highest BCUT2D eigenvalue weighted by Crippen LogP contribution is 2.25. The summed E-state index contributed by atoms with van der Waals surface area (Å²) >= 11 is 3.08. The van der Waals surface area contributed by atoms with E-state index in [1.807, 2.05) is 0 Å². The Hall–Kier alpha value is -2.41. The fraction of sp³-hybridized carbons (Fsp3) is 0.176.